The van der Waals surface area contributed by atoms with E-state index in [-0.39, 0.29) is 23.2 Å². The second-order valence-corrected chi connectivity index (χ2v) is 7.40. The van der Waals surface area contributed by atoms with Crippen molar-refractivity contribution < 1.29 is 19.7 Å². The molecule has 160 valence electrons. The largest absolute Gasteiger partial charge is 0.508 e. The van der Waals surface area contributed by atoms with Crippen LogP contribution in [0.4, 0.5) is 10.1 Å². The van der Waals surface area contributed by atoms with Crippen LogP contribution in [0.5, 0.6) is 5.75 Å². The molecule has 0 atom stereocenters. The molecule has 8 heteroatoms. The molecule has 1 fully saturated rings. The van der Waals surface area contributed by atoms with Crippen molar-refractivity contribution in [2.45, 2.75) is 18.9 Å². The topological polar surface area (TPSA) is 102 Å². The number of aliphatic hydroxyl groups is 2. The molecule has 1 aliphatic rings. The number of hydrogen-bond donors (Lipinski definition) is 3. The molecule has 0 bridgehead atoms. The van der Waals surface area contributed by atoms with E-state index < -0.39 is 12.5 Å². The van der Waals surface area contributed by atoms with Gasteiger partial charge in [-0.05, 0) is 42.5 Å². The fraction of sp³-hybridized carbons (Fsp3) is 0.261. The Hall–Kier alpha value is -3.36. The molecule has 1 saturated heterocycles. The summed E-state index contributed by atoms with van der Waals surface area (Å²) in [5.41, 5.74) is 0.754. The Balaban J connectivity index is 1.85. The molecule has 31 heavy (non-hydrogen) atoms. The van der Waals surface area contributed by atoms with E-state index in [2.05, 4.69) is 21.7 Å². The average Bonchev–Trinajstić information content (AvgIpc) is 2.77. The van der Waals surface area contributed by atoms with Crippen molar-refractivity contribution in [3.63, 3.8) is 0 Å². The van der Waals surface area contributed by atoms with Crippen molar-refractivity contribution in [1.29, 1.82) is 0 Å². The third kappa shape index (κ3) is 3.99. The predicted octanol–water partition coefficient (Wildman–Crippen LogP) is 3.23. The third-order valence-electron chi connectivity index (χ3n) is 5.48. The maximum atomic E-state index is 15.7. The second kappa shape index (κ2) is 8.79. The van der Waals surface area contributed by atoms with E-state index in [0.717, 1.165) is 10.8 Å². The minimum atomic E-state index is -0.689. The molecule has 1 aliphatic heterocycles. The Morgan fingerprint density at radius 2 is 1.97 bits per heavy atom. The number of hydrogen-bond acceptors (Lipinski definition) is 6. The van der Waals surface area contributed by atoms with Crippen LogP contribution < -0.4 is 0 Å². The first-order valence-electron chi connectivity index (χ1n) is 9.99. The summed E-state index contributed by atoms with van der Waals surface area (Å²) in [5.74, 6) is -0.331. The fourth-order valence-corrected chi connectivity index (χ4v) is 3.97. The van der Waals surface area contributed by atoms with Crippen LogP contribution in [0.25, 0.3) is 22.0 Å². The van der Waals surface area contributed by atoms with Crippen molar-refractivity contribution in [1.82, 2.24) is 9.88 Å². The fourth-order valence-electron chi connectivity index (χ4n) is 3.97. The number of aliphatic hydroxyl groups excluding tert-OH is 2. The van der Waals surface area contributed by atoms with E-state index in [4.69, 9.17) is 0 Å². The Morgan fingerprint density at radius 1 is 1.23 bits per heavy atom. The number of aromatic nitrogens is 1. The van der Waals surface area contributed by atoms with Crippen molar-refractivity contribution in [3.05, 3.63) is 54.0 Å². The Morgan fingerprint density at radius 3 is 2.68 bits per heavy atom. The summed E-state index contributed by atoms with van der Waals surface area (Å²) in [7, 11) is 0. The van der Waals surface area contributed by atoms with Crippen LogP contribution in [0.1, 0.15) is 18.4 Å². The first-order valence-corrected chi connectivity index (χ1v) is 9.99. The zero-order valence-electron chi connectivity index (χ0n) is 16.9. The summed E-state index contributed by atoms with van der Waals surface area (Å²) in [6.45, 7) is 4.07. The molecule has 7 nitrogen and oxygen atoms in total. The first kappa shape index (κ1) is 20.9. The molecule has 3 N–H and O–H groups in total. The highest BCUT2D eigenvalue weighted by Crippen LogP contribution is 2.37. The smallest absolute Gasteiger partial charge is 0.175 e. The molecule has 1 aromatic heterocycles. The lowest BCUT2D eigenvalue weighted by Crippen LogP contribution is -2.40. The van der Waals surface area contributed by atoms with Crippen LogP contribution in [-0.4, -0.2) is 63.7 Å². The molecule has 0 unspecified atom stereocenters. The van der Waals surface area contributed by atoms with Crippen LogP contribution >= 0.6 is 0 Å². The number of phenolic OH excluding ortho intramolecular Hbond substituents is 1. The Kier molecular flexibility index (Phi) is 5.92. The van der Waals surface area contributed by atoms with Crippen LogP contribution in [0, 0.1) is 5.82 Å². The number of phenols is 1. The number of amidine groups is 1. The number of aromatic hydroxyl groups is 1. The van der Waals surface area contributed by atoms with Gasteiger partial charge in [-0.25, -0.2) is 9.38 Å². The summed E-state index contributed by atoms with van der Waals surface area (Å²) in [5, 5.41) is 30.9. The predicted molar refractivity (Wildman–Crippen MR) is 118 cm³/mol. The van der Waals surface area contributed by atoms with Gasteiger partial charge in [0.05, 0.1) is 11.7 Å². The number of benzene rings is 2. The van der Waals surface area contributed by atoms with Gasteiger partial charge in [-0.15, -0.1) is 0 Å². The maximum Gasteiger partial charge on any atom is 0.175 e. The van der Waals surface area contributed by atoms with Crippen molar-refractivity contribution in [3.8, 4) is 17.0 Å². The molecule has 0 saturated carbocycles. The highest BCUT2D eigenvalue weighted by Gasteiger charge is 2.26. The number of nitrogens with zero attached hydrogens (tertiary/aromatic N) is 4. The van der Waals surface area contributed by atoms with Gasteiger partial charge in [0.25, 0.3) is 0 Å². The number of piperidine rings is 1. The highest BCUT2D eigenvalue weighted by atomic mass is 19.1. The molecule has 0 amide bonds. The van der Waals surface area contributed by atoms with Gasteiger partial charge in [-0.3, -0.25) is 9.98 Å². The van der Waals surface area contributed by atoms with Crippen LogP contribution in [0.15, 0.2) is 52.6 Å². The second-order valence-electron chi connectivity index (χ2n) is 7.40. The number of fused-ring (bicyclic) bond motifs is 1. The summed E-state index contributed by atoms with van der Waals surface area (Å²) in [4.78, 5) is 14.3. The summed E-state index contributed by atoms with van der Waals surface area (Å²) in [6.07, 6.45) is 2.16. The van der Waals surface area contributed by atoms with Gasteiger partial charge in [-0.2, -0.15) is 0 Å². The zero-order chi connectivity index (χ0) is 22.0. The molecular weight excluding hydrogens is 399 g/mol. The van der Waals surface area contributed by atoms with Crippen molar-refractivity contribution in [2.24, 2.45) is 9.98 Å². The van der Waals surface area contributed by atoms with Gasteiger partial charge in [0.15, 0.2) is 5.82 Å². The van der Waals surface area contributed by atoms with E-state index in [1.165, 1.54) is 12.3 Å². The van der Waals surface area contributed by atoms with E-state index >= 15 is 4.39 Å². The minimum absolute atomic E-state index is 0.00138. The standard InChI is InChI=1S/C23H23FN4O3/c1-25-21-19(23(27-13-29)28-8-6-15(30)7-9-28)12-26-22(20(21)24)18-11-16(31)10-14-4-2-3-5-17(14)18/h2-5,10-12,15,29-31H,1,6-9,13H2/b27-23+. The quantitative estimate of drug-likeness (QED) is 0.443. The third-order valence-corrected chi connectivity index (χ3v) is 5.48. The molecule has 0 aliphatic carbocycles. The number of likely N-dealkylation sites (tertiary alicyclic amines) is 1. The molecular formula is C23H23FN4O3. The van der Waals surface area contributed by atoms with E-state index in [0.29, 0.717) is 42.9 Å². The maximum absolute atomic E-state index is 15.7. The van der Waals surface area contributed by atoms with Crippen LogP contribution in [-0.2, 0) is 0 Å². The summed E-state index contributed by atoms with van der Waals surface area (Å²) < 4.78 is 15.7. The van der Waals surface area contributed by atoms with E-state index in [9.17, 15) is 15.3 Å². The van der Waals surface area contributed by atoms with Gasteiger partial charge in [0.2, 0.25) is 0 Å². The Bertz CT molecular complexity index is 1160. The molecule has 4 rings (SSSR count). The van der Waals surface area contributed by atoms with Gasteiger partial charge in [0.1, 0.15) is 29.7 Å². The average molecular weight is 422 g/mol. The lowest BCUT2D eigenvalue weighted by molar-refractivity contribution is 0.109. The number of pyridine rings is 1. The number of aliphatic imine (C=N–C) groups is 2. The van der Waals surface area contributed by atoms with Crippen molar-refractivity contribution in [2.75, 3.05) is 19.8 Å². The van der Waals surface area contributed by atoms with E-state index in [1.807, 2.05) is 29.2 Å². The lowest BCUT2D eigenvalue weighted by Gasteiger charge is -2.32. The molecule has 2 aromatic carbocycles. The van der Waals surface area contributed by atoms with Gasteiger partial charge >= 0.3 is 0 Å². The SMILES string of the molecule is C=Nc1c(/C(=N\CO)N2CCC(O)CC2)cnc(-c2cc(O)cc3ccccc23)c1F. The first-order chi connectivity index (χ1) is 15.0. The molecule has 0 spiro atoms. The Labute approximate surface area is 178 Å². The van der Waals surface area contributed by atoms with Crippen LogP contribution in [0.3, 0.4) is 0 Å². The van der Waals surface area contributed by atoms with Crippen LogP contribution in [0.2, 0.25) is 0 Å². The zero-order valence-corrected chi connectivity index (χ0v) is 16.9. The molecule has 0 radical (unpaired) electrons. The van der Waals surface area contributed by atoms with Gasteiger partial charge < -0.3 is 20.2 Å². The minimum Gasteiger partial charge on any atom is -0.508 e. The lowest BCUT2D eigenvalue weighted by atomic mass is 9.99. The number of rotatable bonds is 4. The normalized spacial score (nSPS) is 15.5. The molecule has 3 aromatic rings. The summed E-state index contributed by atoms with van der Waals surface area (Å²) in [6, 6.07) is 10.4. The highest BCUT2D eigenvalue weighted by molar-refractivity contribution is 6.04. The summed E-state index contributed by atoms with van der Waals surface area (Å²) >= 11 is 0. The van der Waals surface area contributed by atoms with E-state index in [1.54, 1.807) is 6.07 Å². The number of halogens is 1. The molecule has 2 heterocycles. The monoisotopic (exact) mass is 422 g/mol. The van der Waals surface area contributed by atoms with Gasteiger partial charge in [0, 0.05) is 24.8 Å². The van der Waals surface area contributed by atoms with Gasteiger partial charge in [-0.1, -0.05) is 24.3 Å². The van der Waals surface area contributed by atoms with Crippen molar-refractivity contribution >= 4 is 29.0 Å².